The molecule has 1 amide bonds. The van der Waals surface area contributed by atoms with Gasteiger partial charge in [0.15, 0.2) is 23.6 Å². The fraction of sp³-hybridized carbons (Fsp3) is 0.217. The molecule has 0 saturated carbocycles. The molecule has 0 atom stereocenters. The van der Waals surface area contributed by atoms with Gasteiger partial charge in [-0.15, -0.1) is 0 Å². The second-order valence-electron chi connectivity index (χ2n) is 7.81. The molecule has 1 fully saturated rings. The SMILES string of the molecule is Nc1nc(N2CCN(C(=O)COc3ccc(Cl)cc3)CC2)c2nc(-c3ccc(Cl)cc3)[nH]c2n1. The first-order valence-corrected chi connectivity index (χ1v) is 11.4. The van der Waals surface area contributed by atoms with Gasteiger partial charge < -0.3 is 25.3 Å². The zero-order chi connectivity index (χ0) is 23.7. The highest BCUT2D eigenvalue weighted by Crippen LogP contribution is 2.28. The Balaban J connectivity index is 1.28. The number of nitrogen functional groups attached to an aromatic ring is 1. The fourth-order valence-corrected chi connectivity index (χ4v) is 4.05. The van der Waals surface area contributed by atoms with Gasteiger partial charge in [-0.3, -0.25) is 4.79 Å². The van der Waals surface area contributed by atoms with Crippen molar-refractivity contribution < 1.29 is 9.53 Å². The highest BCUT2D eigenvalue weighted by Gasteiger charge is 2.25. The molecule has 174 valence electrons. The van der Waals surface area contributed by atoms with Crippen molar-refractivity contribution in [2.45, 2.75) is 0 Å². The number of H-pyrrole nitrogens is 1. The van der Waals surface area contributed by atoms with Crippen LogP contribution in [0.2, 0.25) is 10.0 Å². The van der Waals surface area contributed by atoms with Crippen molar-refractivity contribution in [3.05, 3.63) is 58.6 Å². The quantitative estimate of drug-likeness (QED) is 0.432. The minimum atomic E-state index is -0.0771. The van der Waals surface area contributed by atoms with E-state index in [4.69, 9.17) is 38.7 Å². The molecule has 1 saturated heterocycles. The Morgan fingerprint density at radius 2 is 1.59 bits per heavy atom. The summed E-state index contributed by atoms with van der Waals surface area (Å²) in [4.78, 5) is 33.1. The molecule has 4 aromatic rings. The number of amides is 1. The third kappa shape index (κ3) is 4.71. The number of fused-ring (bicyclic) bond motifs is 1. The van der Waals surface area contributed by atoms with E-state index in [0.717, 1.165) is 5.56 Å². The Morgan fingerprint density at radius 3 is 2.26 bits per heavy atom. The minimum absolute atomic E-state index is 0.0316. The second kappa shape index (κ2) is 9.36. The van der Waals surface area contributed by atoms with E-state index in [9.17, 15) is 4.79 Å². The average Bonchev–Trinajstić information content (AvgIpc) is 3.27. The summed E-state index contributed by atoms with van der Waals surface area (Å²) in [6, 6.07) is 14.3. The van der Waals surface area contributed by atoms with Crippen molar-refractivity contribution in [3.8, 4) is 17.1 Å². The molecule has 0 aliphatic carbocycles. The summed E-state index contributed by atoms with van der Waals surface area (Å²) in [5.74, 6) is 1.98. The fourth-order valence-electron chi connectivity index (χ4n) is 3.80. The number of imidazole rings is 1. The molecule has 3 N–H and O–H groups in total. The van der Waals surface area contributed by atoms with Crippen LogP contribution in [0.5, 0.6) is 5.75 Å². The van der Waals surface area contributed by atoms with Crippen molar-refractivity contribution in [2.75, 3.05) is 43.4 Å². The highest BCUT2D eigenvalue weighted by molar-refractivity contribution is 6.30. The van der Waals surface area contributed by atoms with Crippen molar-refractivity contribution in [3.63, 3.8) is 0 Å². The molecule has 0 unspecified atom stereocenters. The number of rotatable bonds is 5. The summed E-state index contributed by atoms with van der Waals surface area (Å²) in [6.45, 7) is 2.20. The molecule has 1 aliphatic rings. The monoisotopic (exact) mass is 497 g/mol. The third-order valence-electron chi connectivity index (χ3n) is 5.57. The number of ether oxygens (including phenoxy) is 1. The number of nitrogens with zero attached hydrogens (tertiary/aromatic N) is 5. The Bertz CT molecular complexity index is 1320. The van der Waals surface area contributed by atoms with E-state index in [-0.39, 0.29) is 18.5 Å². The number of aromatic nitrogens is 4. The van der Waals surface area contributed by atoms with Crippen LogP contribution < -0.4 is 15.4 Å². The Hall–Kier alpha value is -3.56. The topological polar surface area (TPSA) is 113 Å². The predicted octanol–water partition coefficient (Wildman–Crippen LogP) is 3.64. The largest absolute Gasteiger partial charge is 0.484 e. The number of anilines is 2. The van der Waals surface area contributed by atoms with E-state index >= 15 is 0 Å². The lowest BCUT2D eigenvalue weighted by Crippen LogP contribution is -2.50. The van der Waals surface area contributed by atoms with Crippen LogP contribution in [0, 0.1) is 0 Å². The zero-order valence-electron chi connectivity index (χ0n) is 18.0. The number of carbonyl (C=O) groups excluding carboxylic acids is 1. The van der Waals surface area contributed by atoms with Gasteiger partial charge in [0.2, 0.25) is 5.95 Å². The van der Waals surface area contributed by atoms with Crippen molar-refractivity contribution in [2.24, 2.45) is 0 Å². The van der Waals surface area contributed by atoms with Crippen LogP contribution in [0.3, 0.4) is 0 Å². The number of nitrogens with two attached hydrogens (primary N) is 1. The van der Waals surface area contributed by atoms with Crippen LogP contribution >= 0.6 is 23.2 Å². The van der Waals surface area contributed by atoms with Gasteiger partial charge in [-0.25, -0.2) is 4.98 Å². The highest BCUT2D eigenvalue weighted by atomic mass is 35.5. The number of nitrogens with one attached hydrogen (secondary N) is 1. The van der Waals surface area contributed by atoms with Gasteiger partial charge in [-0.05, 0) is 48.5 Å². The minimum Gasteiger partial charge on any atom is -0.484 e. The molecule has 1 aliphatic heterocycles. The summed E-state index contributed by atoms with van der Waals surface area (Å²) in [7, 11) is 0. The molecule has 11 heteroatoms. The summed E-state index contributed by atoms with van der Waals surface area (Å²) in [5.41, 5.74) is 8.04. The van der Waals surface area contributed by atoms with Crippen molar-refractivity contribution in [1.29, 1.82) is 0 Å². The van der Waals surface area contributed by atoms with Crippen LogP contribution in [0.4, 0.5) is 11.8 Å². The van der Waals surface area contributed by atoms with E-state index in [1.807, 2.05) is 12.1 Å². The molecule has 9 nitrogen and oxygen atoms in total. The van der Waals surface area contributed by atoms with E-state index in [1.165, 1.54) is 0 Å². The maximum absolute atomic E-state index is 12.6. The number of hydrogen-bond donors (Lipinski definition) is 2. The molecular weight excluding hydrogens is 477 g/mol. The average molecular weight is 498 g/mol. The Morgan fingerprint density at radius 1 is 0.941 bits per heavy atom. The van der Waals surface area contributed by atoms with Gasteiger partial charge in [0.1, 0.15) is 11.6 Å². The summed E-state index contributed by atoms with van der Waals surface area (Å²) in [5, 5.41) is 1.27. The van der Waals surface area contributed by atoms with Crippen LogP contribution in [-0.2, 0) is 4.79 Å². The van der Waals surface area contributed by atoms with Crippen LogP contribution in [-0.4, -0.2) is 63.5 Å². The number of halogens is 2. The Kier molecular flexibility index (Phi) is 6.12. The van der Waals surface area contributed by atoms with Crippen LogP contribution in [0.25, 0.3) is 22.6 Å². The summed E-state index contributed by atoms with van der Waals surface area (Å²) in [6.07, 6.45) is 0. The first-order valence-electron chi connectivity index (χ1n) is 10.7. The van der Waals surface area contributed by atoms with Crippen molar-refractivity contribution >= 4 is 52.0 Å². The molecule has 34 heavy (non-hydrogen) atoms. The number of carbonyl (C=O) groups is 1. The maximum Gasteiger partial charge on any atom is 0.260 e. The smallest absolute Gasteiger partial charge is 0.260 e. The molecule has 2 aromatic carbocycles. The zero-order valence-corrected chi connectivity index (χ0v) is 19.6. The van der Waals surface area contributed by atoms with Crippen LogP contribution in [0.1, 0.15) is 0 Å². The molecular formula is C23H21Cl2N7O2. The van der Waals surface area contributed by atoms with E-state index < -0.39 is 0 Å². The first kappa shape index (κ1) is 22.2. The number of benzene rings is 2. The molecule has 3 heterocycles. The lowest BCUT2D eigenvalue weighted by molar-refractivity contribution is -0.133. The van der Waals surface area contributed by atoms with Gasteiger partial charge in [0.25, 0.3) is 5.91 Å². The normalized spacial score (nSPS) is 13.9. The van der Waals surface area contributed by atoms with Gasteiger partial charge in [0.05, 0.1) is 0 Å². The number of piperazine rings is 1. The molecule has 2 aromatic heterocycles. The lowest BCUT2D eigenvalue weighted by atomic mass is 10.2. The molecule has 0 radical (unpaired) electrons. The summed E-state index contributed by atoms with van der Waals surface area (Å²) >= 11 is 11.9. The van der Waals surface area contributed by atoms with E-state index in [2.05, 4.69) is 19.9 Å². The predicted molar refractivity (Wildman–Crippen MR) is 132 cm³/mol. The lowest BCUT2D eigenvalue weighted by Gasteiger charge is -2.35. The van der Waals surface area contributed by atoms with Gasteiger partial charge in [-0.2, -0.15) is 9.97 Å². The second-order valence-corrected chi connectivity index (χ2v) is 8.68. The number of hydrogen-bond acceptors (Lipinski definition) is 7. The molecule has 5 rings (SSSR count). The first-order chi connectivity index (χ1) is 16.5. The third-order valence-corrected chi connectivity index (χ3v) is 6.07. The van der Waals surface area contributed by atoms with E-state index in [0.29, 0.717) is 64.8 Å². The van der Waals surface area contributed by atoms with Crippen LogP contribution in [0.15, 0.2) is 48.5 Å². The number of aromatic amines is 1. The molecule has 0 bridgehead atoms. The maximum atomic E-state index is 12.6. The molecule has 0 spiro atoms. The standard InChI is InChI=1S/C23H21Cl2N7O2/c24-15-3-1-14(2-4-15)20-27-19-21(28-20)29-23(26)30-22(19)32-11-9-31(10-12-32)18(33)13-34-17-7-5-16(25)6-8-17/h1-8H,9-13H2,(H3,26,27,28,29,30). The Labute approximate surface area is 205 Å². The van der Waals surface area contributed by atoms with E-state index in [1.54, 1.807) is 41.3 Å². The summed E-state index contributed by atoms with van der Waals surface area (Å²) < 4.78 is 5.59. The van der Waals surface area contributed by atoms with Crippen molar-refractivity contribution in [1.82, 2.24) is 24.8 Å². The van der Waals surface area contributed by atoms with Gasteiger partial charge in [-0.1, -0.05) is 23.2 Å². The van der Waals surface area contributed by atoms with Gasteiger partial charge in [0, 0.05) is 41.8 Å². The van der Waals surface area contributed by atoms with Gasteiger partial charge >= 0.3 is 0 Å².